The highest BCUT2D eigenvalue weighted by atomic mass is 32.2. The summed E-state index contributed by atoms with van der Waals surface area (Å²) >= 11 is 1.69. The van der Waals surface area contributed by atoms with Crippen molar-refractivity contribution in [1.82, 2.24) is 10.6 Å². The Morgan fingerprint density at radius 1 is 0.871 bits per heavy atom. The normalized spacial score (nSPS) is 10.4. The quantitative estimate of drug-likeness (QED) is 0.371. The molecule has 0 radical (unpaired) electrons. The summed E-state index contributed by atoms with van der Waals surface area (Å²) in [7, 11) is 0. The standard InChI is InChI=1S/C25H26N2O3S/c1-19-11-13-21(14-12-19)31-16-15-26-24(28)18-30-23-10-6-5-9-22(23)25(29)27-17-20-7-3-2-4-8-20/h2-14H,15-18H2,1H3,(H,26,28)(H,27,29). The van der Waals surface area contributed by atoms with Gasteiger partial charge in [0.15, 0.2) is 6.61 Å². The minimum atomic E-state index is -0.241. The highest BCUT2D eigenvalue weighted by molar-refractivity contribution is 7.99. The molecule has 0 fully saturated rings. The van der Waals surface area contributed by atoms with Crippen molar-refractivity contribution >= 4 is 23.6 Å². The number of carbonyl (C=O) groups excluding carboxylic acids is 2. The van der Waals surface area contributed by atoms with Crippen molar-refractivity contribution in [2.75, 3.05) is 18.9 Å². The lowest BCUT2D eigenvalue weighted by molar-refractivity contribution is -0.122. The summed E-state index contributed by atoms with van der Waals surface area (Å²) in [6, 6.07) is 24.9. The summed E-state index contributed by atoms with van der Waals surface area (Å²) in [6.07, 6.45) is 0. The molecule has 31 heavy (non-hydrogen) atoms. The Balaban J connectivity index is 1.42. The molecule has 0 saturated heterocycles. The Kier molecular flexibility index (Phi) is 8.55. The van der Waals surface area contributed by atoms with Gasteiger partial charge in [0.05, 0.1) is 5.56 Å². The first-order chi connectivity index (χ1) is 15.1. The van der Waals surface area contributed by atoms with Crippen LogP contribution in [0.5, 0.6) is 5.75 Å². The number of hydrogen-bond acceptors (Lipinski definition) is 4. The lowest BCUT2D eigenvalue weighted by atomic mass is 10.1. The molecule has 3 aromatic rings. The monoisotopic (exact) mass is 434 g/mol. The largest absolute Gasteiger partial charge is 0.483 e. The third-order valence-electron chi connectivity index (χ3n) is 4.50. The van der Waals surface area contributed by atoms with Gasteiger partial charge >= 0.3 is 0 Å². The van der Waals surface area contributed by atoms with Crippen molar-refractivity contribution in [1.29, 1.82) is 0 Å². The fourth-order valence-corrected chi connectivity index (χ4v) is 3.61. The zero-order valence-electron chi connectivity index (χ0n) is 17.5. The van der Waals surface area contributed by atoms with Gasteiger partial charge < -0.3 is 15.4 Å². The van der Waals surface area contributed by atoms with E-state index in [0.29, 0.717) is 24.4 Å². The van der Waals surface area contributed by atoms with Crippen LogP contribution in [0.15, 0.2) is 83.8 Å². The van der Waals surface area contributed by atoms with Crippen LogP contribution >= 0.6 is 11.8 Å². The molecule has 2 N–H and O–H groups in total. The molecule has 0 bridgehead atoms. The highest BCUT2D eigenvalue weighted by Gasteiger charge is 2.13. The minimum Gasteiger partial charge on any atom is -0.483 e. The van der Waals surface area contributed by atoms with Gasteiger partial charge in [0, 0.05) is 23.7 Å². The topological polar surface area (TPSA) is 67.4 Å². The van der Waals surface area contributed by atoms with Crippen LogP contribution in [-0.2, 0) is 11.3 Å². The Morgan fingerprint density at radius 3 is 2.35 bits per heavy atom. The number of rotatable bonds is 10. The molecular weight excluding hydrogens is 408 g/mol. The summed E-state index contributed by atoms with van der Waals surface area (Å²) in [5.41, 5.74) is 2.64. The summed E-state index contributed by atoms with van der Waals surface area (Å²) in [4.78, 5) is 25.8. The molecule has 0 atom stereocenters. The average Bonchev–Trinajstić information content (AvgIpc) is 2.81. The van der Waals surface area contributed by atoms with E-state index in [9.17, 15) is 9.59 Å². The average molecular weight is 435 g/mol. The van der Waals surface area contributed by atoms with Crippen molar-refractivity contribution in [2.45, 2.75) is 18.4 Å². The van der Waals surface area contributed by atoms with Gasteiger partial charge in [-0.1, -0.05) is 60.2 Å². The molecule has 0 unspecified atom stereocenters. The molecule has 0 spiro atoms. The summed E-state index contributed by atoms with van der Waals surface area (Å²) in [6.45, 7) is 2.88. The lowest BCUT2D eigenvalue weighted by Crippen LogP contribution is -2.31. The predicted octanol–water partition coefficient (Wildman–Crippen LogP) is 4.21. The van der Waals surface area contributed by atoms with Gasteiger partial charge in [-0.25, -0.2) is 0 Å². The summed E-state index contributed by atoms with van der Waals surface area (Å²) < 4.78 is 5.62. The summed E-state index contributed by atoms with van der Waals surface area (Å²) in [5, 5.41) is 5.73. The van der Waals surface area contributed by atoms with Crippen LogP contribution in [-0.4, -0.2) is 30.7 Å². The maximum atomic E-state index is 12.6. The van der Waals surface area contributed by atoms with Crippen LogP contribution in [0.2, 0.25) is 0 Å². The van der Waals surface area contributed by atoms with Crippen molar-refractivity contribution in [3.63, 3.8) is 0 Å². The first-order valence-electron chi connectivity index (χ1n) is 10.1. The fraction of sp³-hybridized carbons (Fsp3) is 0.200. The van der Waals surface area contributed by atoms with Crippen molar-refractivity contribution in [3.05, 3.63) is 95.6 Å². The molecule has 0 heterocycles. The van der Waals surface area contributed by atoms with Crippen molar-refractivity contribution < 1.29 is 14.3 Å². The van der Waals surface area contributed by atoms with Crippen molar-refractivity contribution in [3.8, 4) is 5.75 Å². The smallest absolute Gasteiger partial charge is 0.257 e. The number of hydrogen-bond donors (Lipinski definition) is 2. The van der Waals surface area contributed by atoms with E-state index >= 15 is 0 Å². The second kappa shape index (κ2) is 11.8. The molecule has 160 valence electrons. The first-order valence-corrected chi connectivity index (χ1v) is 11.1. The molecule has 0 aliphatic carbocycles. The maximum Gasteiger partial charge on any atom is 0.257 e. The molecule has 0 aliphatic heterocycles. The van der Waals surface area contributed by atoms with Crippen molar-refractivity contribution in [2.24, 2.45) is 0 Å². The van der Waals surface area contributed by atoms with Gasteiger partial charge in [-0.15, -0.1) is 11.8 Å². The first kappa shape index (κ1) is 22.4. The Hall–Kier alpha value is -3.25. The van der Waals surface area contributed by atoms with E-state index in [1.807, 2.05) is 30.3 Å². The maximum absolute atomic E-state index is 12.6. The molecule has 5 nitrogen and oxygen atoms in total. The number of para-hydroxylation sites is 1. The number of ether oxygens (including phenoxy) is 1. The van der Waals surface area contributed by atoms with Gasteiger partial charge in [0.25, 0.3) is 11.8 Å². The number of nitrogens with one attached hydrogen (secondary N) is 2. The van der Waals surface area contributed by atoms with E-state index in [1.165, 1.54) is 10.5 Å². The zero-order chi connectivity index (χ0) is 21.9. The Morgan fingerprint density at radius 2 is 1.58 bits per heavy atom. The van der Waals surface area contributed by atoms with E-state index < -0.39 is 0 Å². The summed E-state index contributed by atoms with van der Waals surface area (Å²) in [5.74, 6) is 0.698. The van der Waals surface area contributed by atoms with Crippen LogP contribution in [0, 0.1) is 6.92 Å². The molecular formula is C25H26N2O3S. The van der Waals surface area contributed by atoms with Gasteiger partial charge in [-0.3, -0.25) is 9.59 Å². The molecule has 2 amide bonds. The van der Waals surface area contributed by atoms with Crippen LogP contribution in [0.1, 0.15) is 21.5 Å². The number of benzene rings is 3. The fourth-order valence-electron chi connectivity index (χ4n) is 2.84. The van der Waals surface area contributed by atoms with Gasteiger partial charge in [0.2, 0.25) is 0 Å². The lowest BCUT2D eigenvalue weighted by Gasteiger charge is -2.12. The van der Waals surface area contributed by atoms with Gasteiger partial charge in [-0.05, 0) is 36.8 Å². The highest BCUT2D eigenvalue weighted by Crippen LogP contribution is 2.19. The van der Waals surface area contributed by atoms with Gasteiger partial charge in [-0.2, -0.15) is 0 Å². The van der Waals surface area contributed by atoms with Crippen LogP contribution in [0.4, 0.5) is 0 Å². The van der Waals surface area contributed by atoms with Crippen LogP contribution < -0.4 is 15.4 Å². The molecule has 0 saturated carbocycles. The molecule has 0 aromatic heterocycles. The molecule has 0 aliphatic rings. The van der Waals surface area contributed by atoms with E-state index in [2.05, 4.69) is 41.8 Å². The second-order valence-corrected chi connectivity index (χ2v) is 8.13. The van der Waals surface area contributed by atoms with Crippen LogP contribution in [0.3, 0.4) is 0 Å². The van der Waals surface area contributed by atoms with E-state index in [0.717, 1.165) is 11.3 Å². The van der Waals surface area contributed by atoms with E-state index in [1.54, 1.807) is 36.0 Å². The van der Waals surface area contributed by atoms with Gasteiger partial charge in [0.1, 0.15) is 5.75 Å². The third-order valence-corrected chi connectivity index (χ3v) is 5.51. The molecule has 3 aromatic carbocycles. The minimum absolute atomic E-state index is 0.141. The number of amides is 2. The Labute approximate surface area is 187 Å². The van der Waals surface area contributed by atoms with E-state index in [-0.39, 0.29) is 18.4 Å². The second-order valence-electron chi connectivity index (χ2n) is 6.96. The number of thioether (sulfide) groups is 1. The zero-order valence-corrected chi connectivity index (χ0v) is 18.3. The SMILES string of the molecule is Cc1ccc(SCCNC(=O)COc2ccccc2C(=O)NCc2ccccc2)cc1. The predicted molar refractivity (Wildman–Crippen MR) is 124 cm³/mol. The third kappa shape index (κ3) is 7.50. The Bertz CT molecular complexity index is 991. The number of carbonyl (C=O) groups is 2. The number of aryl methyl sites for hydroxylation is 1. The molecule has 6 heteroatoms. The molecule has 3 rings (SSSR count). The van der Waals surface area contributed by atoms with Crippen LogP contribution in [0.25, 0.3) is 0 Å². The van der Waals surface area contributed by atoms with E-state index in [4.69, 9.17) is 4.74 Å².